The van der Waals surface area contributed by atoms with Crippen molar-refractivity contribution >= 4 is 72.9 Å². The molecule has 0 bridgehead atoms. The maximum Gasteiger partial charge on any atom is 0.279 e. The first-order valence-electron chi connectivity index (χ1n) is 8.21. The lowest BCUT2D eigenvalue weighted by Gasteiger charge is -2.13. The van der Waals surface area contributed by atoms with Crippen molar-refractivity contribution in [2.45, 2.75) is 4.90 Å². The quantitative estimate of drug-likeness (QED) is 0.231. The number of fused-ring (bicyclic) bond motifs is 1. The average molecular weight is 541 g/mol. The second kappa shape index (κ2) is 8.57. The number of carbonyl (C=O) groups excluding carboxylic acids is 1. The van der Waals surface area contributed by atoms with Gasteiger partial charge in [-0.2, -0.15) is 5.10 Å². The Morgan fingerprint density at radius 3 is 2.72 bits per heavy atom. The number of halogens is 1. The van der Waals surface area contributed by atoms with Crippen LogP contribution in [-0.2, 0) is 14.8 Å². The van der Waals surface area contributed by atoms with Gasteiger partial charge in [0.2, 0.25) is 10.0 Å². The zero-order chi connectivity index (χ0) is 21.2. The van der Waals surface area contributed by atoms with E-state index in [1.807, 2.05) is 18.2 Å². The lowest BCUT2D eigenvalue weighted by Crippen LogP contribution is -2.32. The molecule has 2 aromatic rings. The van der Waals surface area contributed by atoms with E-state index in [9.17, 15) is 13.2 Å². The van der Waals surface area contributed by atoms with Crippen LogP contribution in [0.25, 0.3) is 0 Å². The van der Waals surface area contributed by atoms with Crippen LogP contribution in [-0.4, -0.2) is 31.7 Å². The number of hydrazone groups is 1. The topological polar surface area (TPSA) is 117 Å². The molecule has 1 heterocycles. The van der Waals surface area contributed by atoms with Crippen molar-refractivity contribution in [3.8, 4) is 0 Å². The number of primary sulfonamides is 1. The molecule has 0 aliphatic carbocycles. The van der Waals surface area contributed by atoms with Crippen molar-refractivity contribution in [3.63, 3.8) is 0 Å². The maximum absolute atomic E-state index is 12.8. The van der Waals surface area contributed by atoms with E-state index in [1.54, 1.807) is 23.1 Å². The minimum atomic E-state index is -3.93. The first-order chi connectivity index (χ1) is 13.7. The molecule has 11 heteroatoms. The minimum absolute atomic E-state index is 0.00995. The molecule has 0 saturated heterocycles. The number of nitrogens with zero attached hydrogens (tertiary/aromatic N) is 2. The molecule has 0 saturated carbocycles. The summed E-state index contributed by atoms with van der Waals surface area (Å²) in [6.07, 6.45) is 1.63. The Morgan fingerprint density at radius 2 is 2.03 bits per heavy atom. The van der Waals surface area contributed by atoms with E-state index >= 15 is 0 Å². The molecule has 2 aromatic carbocycles. The van der Waals surface area contributed by atoms with Crippen LogP contribution in [0.2, 0.25) is 0 Å². The number of benzene rings is 2. The molecule has 0 aromatic heterocycles. The largest absolute Gasteiger partial charge is 0.330 e. The summed E-state index contributed by atoms with van der Waals surface area (Å²) in [6, 6.07) is 11.7. The Bertz CT molecular complexity index is 1150. The molecule has 0 fully saturated rings. The summed E-state index contributed by atoms with van der Waals surface area (Å²) in [6.45, 7) is 4.03. The third-order valence-electron chi connectivity index (χ3n) is 3.97. The third-order valence-corrected chi connectivity index (χ3v) is 5.81. The molecular formula is C18H16IN5O3S2. The number of para-hydroxylation sites is 1. The van der Waals surface area contributed by atoms with E-state index < -0.39 is 10.0 Å². The summed E-state index contributed by atoms with van der Waals surface area (Å²) < 4.78 is 24.3. The van der Waals surface area contributed by atoms with E-state index in [-0.39, 0.29) is 27.3 Å². The van der Waals surface area contributed by atoms with Gasteiger partial charge in [-0.05, 0) is 65.1 Å². The summed E-state index contributed by atoms with van der Waals surface area (Å²) in [5.41, 5.74) is 4.40. The molecule has 4 N–H and O–H groups in total. The van der Waals surface area contributed by atoms with Gasteiger partial charge >= 0.3 is 0 Å². The molecule has 0 unspecified atom stereocenters. The molecule has 29 heavy (non-hydrogen) atoms. The molecule has 0 spiro atoms. The monoisotopic (exact) mass is 541 g/mol. The zero-order valence-electron chi connectivity index (χ0n) is 14.9. The lowest BCUT2D eigenvalue weighted by atomic mass is 10.1. The van der Waals surface area contributed by atoms with Crippen LogP contribution in [0.1, 0.15) is 5.56 Å². The highest BCUT2D eigenvalue weighted by Crippen LogP contribution is 2.30. The Morgan fingerprint density at radius 1 is 1.31 bits per heavy atom. The standard InChI is InChI=1S/C18H16IN5O3S2/c1-2-9-24-14-8-7-11(19)10-12(14)16(17(24)25)22-23-18(28)21-13-5-3-4-6-15(13)29(20,26)27/h2-8,10H,1,9H2,(H2,20,26,27)(H2,21,23,28). The molecular weight excluding hydrogens is 525 g/mol. The van der Waals surface area contributed by atoms with Gasteiger partial charge in [0.1, 0.15) is 4.90 Å². The fourth-order valence-electron chi connectivity index (χ4n) is 2.78. The fraction of sp³-hybridized carbons (Fsp3) is 0.0556. The fourth-order valence-corrected chi connectivity index (χ4v) is 4.12. The molecule has 0 radical (unpaired) electrons. The van der Waals surface area contributed by atoms with Crippen LogP contribution in [0, 0.1) is 3.57 Å². The smallest absolute Gasteiger partial charge is 0.279 e. The number of rotatable bonds is 5. The van der Waals surface area contributed by atoms with Crippen molar-refractivity contribution in [1.82, 2.24) is 5.43 Å². The Kier molecular flexibility index (Phi) is 6.31. The maximum atomic E-state index is 12.8. The van der Waals surface area contributed by atoms with Crippen LogP contribution in [0.15, 0.2) is 65.1 Å². The Hall–Kier alpha value is -2.35. The predicted octanol–water partition coefficient (Wildman–Crippen LogP) is 2.16. The Balaban J connectivity index is 1.85. The molecule has 1 aliphatic rings. The SMILES string of the molecule is C=CCN1C(=O)C(=NNC(=S)Nc2ccccc2S(N)(=O)=O)c2cc(I)ccc21. The predicted molar refractivity (Wildman–Crippen MR) is 125 cm³/mol. The molecule has 3 rings (SSSR count). The van der Waals surface area contributed by atoms with Crippen LogP contribution in [0.5, 0.6) is 0 Å². The number of anilines is 2. The summed E-state index contributed by atoms with van der Waals surface area (Å²) in [4.78, 5) is 14.2. The molecule has 1 amide bonds. The zero-order valence-corrected chi connectivity index (χ0v) is 18.7. The summed E-state index contributed by atoms with van der Waals surface area (Å²) in [5, 5.41) is 12.1. The van der Waals surface area contributed by atoms with Crippen LogP contribution < -0.4 is 20.8 Å². The highest BCUT2D eigenvalue weighted by Gasteiger charge is 2.33. The van der Waals surface area contributed by atoms with Crippen molar-refractivity contribution in [3.05, 3.63) is 64.3 Å². The van der Waals surface area contributed by atoms with Gasteiger partial charge in [0.25, 0.3) is 5.91 Å². The highest BCUT2D eigenvalue weighted by molar-refractivity contribution is 14.1. The van der Waals surface area contributed by atoms with Gasteiger partial charge in [0, 0.05) is 15.7 Å². The number of nitrogens with two attached hydrogens (primary N) is 1. The van der Waals surface area contributed by atoms with Gasteiger partial charge in [-0.15, -0.1) is 6.58 Å². The van der Waals surface area contributed by atoms with E-state index in [2.05, 4.69) is 45.0 Å². The number of thiocarbonyl (C=S) groups is 1. The highest BCUT2D eigenvalue weighted by atomic mass is 127. The number of amides is 1. The third kappa shape index (κ3) is 4.63. The number of carbonyl (C=O) groups is 1. The van der Waals surface area contributed by atoms with Gasteiger partial charge in [-0.1, -0.05) is 18.2 Å². The lowest BCUT2D eigenvalue weighted by molar-refractivity contribution is -0.112. The normalized spacial score (nSPS) is 14.6. The molecule has 0 atom stereocenters. The van der Waals surface area contributed by atoms with Crippen LogP contribution >= 0.6 is 34.8 Å². The Labute approximate surface area is 187 Å². The van der Waals surface area contributed by atoms with E-state index in [1.165, 1.54) is 12.1 Å². The van der Waals surface area contributed by atoms with E-state index in [0.717, 1.165) is 9.26 Å². The number of hydrogen-bond acceptors (Lipinski definition) is 5. The first kappa shape index (κ1) is 21.4. The summed E-state index contributed by atoms with van der Waals surface area (Å²) in [7, 11) is -3.93. The number of sulfonamides is 1. The second-order valence-electron chi connectivity index (χ2n) is 5.93. The van der Waals surface area contributed by atoms with Crippen molar-refractivity contribution in [2.75, 3.05) is 16.8 Å². The van der Waals surface area contributed by atoms with Crippen molar-refractivity contribution in [2.24, 2.45) is 10.2 Å². The van der Waals surface area contributed by atoms with E-state index in [0.29, 0.717) is 12.1 Å². The van der Waals surface area contributed by atoms with Gasteiger partial charge in [0.05, 0.1) is 11.4 Å². The number of hydrogen-bond donors (Lipinski definition) is 3. The average Bonchev–Trinajstić information content (AvgIpc) is 2.91. The van der Waals surface area contributed by atoms with Crippen molar-refractivity contribution in [1.29, 1.82) is 0 Å². The molecule has 8 nitrogen and oxygen atoms in total. The van der Waals surface area contributed by atoms with Gasteiger partial charge in [0.15, 0.2) is 10.8 Å². The van der Waals surface area contributed by atoms with E-state index in [4.69, 9.17) is 17.4 Å². The summed E-state index contributed by atoms with van der Waals surface area (Å²) >= 11 is 7.34. The number of nitrogens with one attached hydrogen (secondary N) is 2. The molecule has 150 valence electrons. The summed E-state index contributed by atoms with van der Waals surface area (Å²) in [5.74, 6) is -0.290. The first-order valence-corrected chi connectivity index (χ1v) is 11.2. The van der Waals surface area contributed by atoms with Gasteiger partial charge < -0.3 is 10.2 Å². The van der Waals surface area contributed by atoms with Gasteiger partial charge in [-0.25, -0.2) is 13.6 Å². The van der Waals surface area contributed by atoms with Crippen LogP contribution in [0.3, 0.4) is 0 Å². The van der Waals surface area contributed by atoms with Crippen LogP contribution in [0.4, 0.5) is 11.4 Å². The second-order valence-corrected chi connectivity index (χ2v) is 9.12. The molecule has 1 aliphatic heterocycles. The van der Waals surface area contributed by atoms with Crippen molar-refractivity contribution < 1.29 is 13.2 Å². The van der Waals surface area contributed by atoms with Gasteiger partial charge in [-0.3, -0.25) is 10.2 Å². The minimum Gasteiger partial charge on any atom is -0.330 e.